The molecule has 0 unspecified atom stereocenters. The van der Waals surface area contributed by atoms with Crippen molar-refractivity contribution in [3.63, 3.8) is 0 Å². The van der Waals surface area contributed by atoms with Gasteiger partial charge in [0, 0.05) is 27.2 Å². The number of nitrogens with one attached hydrogen (secondary N) is 1. The Bertz CT molecular complexity index is 334. The fourth-order valence-corrected chi connectivity index (χ4v) is 1.33. The molecule has 0 radical (unpaired) electrons. The highest BCUT2D eigenvalue weighted by atomic mass is 19.1. The fourth-order valence-electron chi connectivity index (χ4n) is 1.33. The number of anilines is 1. The third kappa shape index (κ3) is 3.36. The SMILES string of the molecule is C=CCNCc1ccc(F)c(N(C)C)c1. The van der Waals surface area contributed by atoms with E-state index in [0.717, 1.165) is 18.7 Å². The van der Waals surface area contributed by atoms with Crippen molar-refractivity contribution < 1.29 is 4.39 Å². The molecule has 2 nitrogen and oxygen atoms in total. The van der Waals surface area contributed by atoms with Gasteiger partial charge in [0.1, 0.15) is 5.82 Å². The molecule has 0 saturated heterocycles. The van der Waals surface area contributed by atoms with Gasteiger partial charge in [-0.05, 0) is 17.7 Å². The number of halogens is 1. The van der Waals surface area contributed by atoms with Crippen LogP contribution in [0.2, 0.25) is 0 Å². The second-order valence-electron chi connectivity index (χ2n) is 3.60. The summed E-state index contributed by atoms with van der Waals surface area (Å²) in [6, 6.07) is 5.14. The maximum atomic E-state index is 13.3. The summed E-state index contributed by atoms with van der Waals surface area (Å²) in [5.41, 5.74) is 1.69. The Hall–Kier alpha value is -1.35. The Morgan fingerprint density at radius 3 is 2.80 bits per heavy atom. The van der Waals surface area contributed by atoms with Gasteiger partial charge in [0.15, 0.2) is 0 Å². The lowest BCUT2D eigenvalue weighted by molar-refractivity contribution is 0.624. The highest BCUT2D eigenvalue weighted by Gasteiger charge is 2.04. The van der Waals surface area contributed by atoms with Crippen molar-refractivity contribution in [3.8, 4) is 0 Å². The zero-order valence-electron chi connectivity index (χ0n) is 9.26. The van der Waals surface area contributed by atoms with E-state index in [4.69, 9.17) is 0 Å². The van der Waals surface area contributed by atoms with E-state index >= 15 is 0 Å². The molecular formula is C12H17FN2. The minimum atomic E-state index is -0.188. The average molecular weight is 208 g/mol. The molecule has 0 fully saturated rings. The monoisotopic (exact) mass is 208 g/mol. The van der Waals surface area contributed by atoms with Crippen LogP contribution in [0, 0.1) is 5.82 Å². The second kappa shape index (κ2) is 5.51. The first kappa shape index (κ1) is 11.7. The molecule has 1 rings (SSSR count). The van der Waals surface area contributed by atoms with Gasteiger partial charge in [0.2, 0.25) is 0 Å². The van der Waals surface area contributed by atoms with Crippen molar-refractivity contribution in [2.75, 3.05) is 25.5 Å². The van der Waals surface area contributed by atoms with Gasteiger partial charge in [-0.1, -0.05) is 12.1 Å². The fraction of sp³-hybridized carbons (Fsp3) is 0.333. The van der Waals surface area contributed by atoms with Crippen LogP contribution in [0.5, 0.6) is 0 Å². The topological polar surface area (TPSA) is 15.3 Å². The van der Waals surface area contributed by atoms with Gasteiger partial charge in [0.25, 0.3) is 0 Å². The van der Waals surface area contributed by atoms with E-state index in [1.165, 1.54) is 6.07 Å². The molecule has 0 heterocycles. The maximum Gasteiger partial charge on any atom is 0.146 e. The Labute approximate surface area is 90.4 Å². The van der Waals surface area contributed by atoms with Gasteiger partial charge >= 0.3 is 0 Å². The van der Waals surface area contributed by atoms with Gasteiger partial charge in [-0.25, -0.2) is 4.39 Å². The highest BCUT2D eigenvalue weighted by molar-refractivity contribution is 5.48. The first-order valence-corrected chi connectivity index (χ1v) is 4.92. The van der Waals surface area contributed by atoms with Crippen molar-refractivity contribution >= 4 is 5.69 Å². The van der Waals surface area contributed by atoms with E-state index in [2.05, 4.69) is 11.9 Å². The largest absolute Gasteiger partial charge is 0.375 e. The molecular weight excluding hydrogens is 191 g/mol. The normalized spacial score (nSPS) is 10.1. The van der Waals surface area contributed by atoms with Crippen LogP contribution in [0.1, 0.15) is 5.56 Å². The van der Waals surface area contributed by atoms with E-state index in [9.17, 15) is 4.39 Å². The number of hydrogen-bond acceptors (Lipinski definition) is 2. The molecule has 1 aromatic rings. The van der Waals surface area contributed by atoms with E-state index in [0.29, 0.717) is 5.69 Å². The van der Waals surface area contributed by atoms with E-state index in [-0.39, 0.29) is 5.82 Å². The lowest BCUT2D eigenvalue weighted by Crippen LogP contribution is -2.15. The zero-order valence-corrected chi connectivity index (χ0v) is 9.26. The van der Waals surface area contributed by atoms with Crippen LogP contribution < -0.4 is 10.2 Å². The van der Waals surface area contributed by atoms with Crippen molar-refractivity contribution in [2.24, 2.45) is 0 Å². The summed E-state index contributed by atoms with van der Waals surface area (Å²) in [6.07, 6.45) is 1.80. The standard InChI is InChI=1S/C12H17FN2/c1-4-7-14-9-10-5-6-11(13)12(8-10)15(2)3/h4-6,8,14H,1,7,9H2,2-3H3. The minimum Gasteiger partial charge on any atom is -0.375 e. The van der Waals surface area contributed by atoms with Gasteiger partial charge in [-0.15, -0.1) is 6.58 Å². The number of rotatable bonds is 5. The summed E-state index contributed by atoms with van der Waals surface area (Å²) < 4.78 is 13.3. The molecule has 0 aliphatic rings. The molecule has 0 amide bonds. The van der Waals surface area contributed by atoms with Gasteiger partial charge < -0.3 is 10.2 Å². The molecule has 0 spiro atoms. The Morgan fingerprint density at radius 2 is 2.20 bits per heavy atom. The van der Waals surface area contributed by atoms with Crippen molar-refractivity contribution in [1.29, 1.82) is 0 Å². The molecule has 1 aromatic carbocycles. The van der Waals surface area contributed by atoms with Gasteiger partial charge in [-0.2, -0.15) is 0 Å². The van der Waals surface area contributed by atoms with Crippen LogP contribution >= 0.6 is 0 Å². The molecule has 1 N–H and O–H groups in total. The number of hydrogen-bond donors (Lipinski definition) is 1. The molecule has 0 aliphatic carbocycles. The van der Waals surface area contributed by atoms with Crippen molar-refractivity contribution in [2.45, 2.75) is 6.54 Å². The van der Waals surface area contributed by atoms with Crippen molar-refractivity contribution in [1.82, 2.24) is 5.32 Å². The maximum absolute atomic E-state index is 13.3. The molecule has 0 bridgehead atoms. The summed E-state index contributed by atoms with van der Waals surface area (Å²) in [6.45, 7) is 5.11. The summed E-state index contributed by atoms with van der Waals surface area (Å²) in [5.74, 6) is -0.188. The summed E-state index contributed by atoms with van der Waals surface area (Å²) in [5, 5.41) is 3.18. The van der Waals surface area contributed by atoms with Crippen LogP contribution in [0.25, 0.3) is 0 Å². The minimum absolute atomic E-state index is 0.188. The number of benzene rings is 1. The van der Waals surface area contributed by atoms with E-state index in [1.54, 1.807) is 17.0 Å². The summed E-state index contributed by atoms with van der Waals surface area (Å²) >= 11 is 0. The lowest BCUT2D eigenvalue weighted by atomic mass is 10.2. The van der Waals surface area contributed by atoms with Crippen LogP contribution in [0.3, 0.4) is 0 Å². The van der Waals surface area contributed by atoms with Gasteiger partial charge in [-0.3, -0.25) is 0 Å². The predicted molar refractivity (Wildman–Crippen MR) is 62.6 cm³/mol. The van der Waals surface area contributed by atoms with E-state index in [1.807, 2.05) is 20.2 Å². The van der Waals surface area contributed by atoms with Crippen LogP contribution in [-0.2, 0) is 6.54 Å². The summed E-state index contributed by atoms with van der Waals surface area (Å²) in [4.78, 5) is 1.77. The van der Waals surface area contributed by atoms with Crippen LogP contribution in [0.4, 0.5) is 10.1 Å². The smallest absolute Gasteiger partial charge is 0.146 e. The molecule has 82 valence electrons. The highest BCUT2D eigenvalue weighted by Crippen LogP contribution is 2.18. The van der Waals surface area contributed by atoms with Gasteiger partial charge in [0.05, 0.1) is 5.69 Å². The molecule has 0 aromatic heterocycles. The molecule has 15 heavy (non-hydrogen) atoms. The second-order valence-corrected chi connectivity index (χ2v) is 3.60. The van der Waals surface area contributed by atoms with Crippen LogP contribution in [0.15, 0.2) is 30.9 Å². The third-order valence-corrected chi connectivity index (χ3v) is 2.11. The first-order chi connectivity index (χ1) is 7.15. The third-order valence-electron chi connectivity index (χ3n) is 2.11. The summed E-state index contributed by atoms with van der Waals surface area (Å²) in [7, 11) is 3.67. The Balaban J connectivity index is 2.74. The Morgan fingerprint density at radius 1 is 1.47 bits per heavy atom. The zero-order chi connectivity index (χ0) is 11.3. The quantitative estimate of drug-likeness (QED) is 0.589. The van der Waals surface area contributed by atoms with E-state index < -0.39 is 0 Å². The van der Waals surface area contributed by atoms with Crippen molar-refractivity contribution in [3.05, 3.63) is 42.2 Å². The Kier molecular flexibility index (Phi) is 4.31. The molecule has 0 atom stereocenters. The molecule has 0 aliphatic heterocycles. The lowest BCUT2D eigenvalue weighted by Gasteiger charge is -2.14. The first-order valence-electron chi connectivity index (χ1n) is 4.92. The van der Waals surface area contributed by atoms with Crippen LogP contribution in [-0.4, -0.2) is 20.6 Å². The average Bonchev–Trinajstić information content (AvgIpc) is 2.20. The molecule has 3 heteroatoms. The predicted octanol–water partition coefficient (Wildman–Crippen LogP) is 2.17. The molecule has 0 saturated carbocycles. The number of nitrogens with zero attached hydrogens (tertiary/aromatic N) is 1.